The summed E-state index contributed by atoms with van der Waals surface area (Å²) in [6, 6.07) is 23.6. The van der Waals surface area contributed by atoms with Gasteiger partial charge in [0.25, 0.3) is 10.1 Å². The van der Waals surface area contributed by atoms with E-state index in [-0.39, 0.29) is 58.9 Å². The predicted molar refractivity (Wildman–Crippen MR) is 260 cm³/mol. The number of benzene rings is 4. The number of hydrogen-bond donors (Lipinski definition) is 5. The number of para-hydroxylation sites is 1. The molecule has 22 nitrogen and oxygen atoms in total. The normalized spacial score (nSPS) is 11.6. The van der Waals surface area contributed by atoms with E-state index in [4.69, 9.17) is 27.6 Å². The molecule has 0 aliphatic rings. The Morgan fingerprint density at radius 2 is 1.10 bits per heavy atom. The molecule has 0 amide bonds. The zero-order chi connectivity index (χ0) is 48.1. The molecule has 5 N–H and O–H groups in total. The zero-order valence-corrected chi connectivity index (χ0v) is 39.8. The van der Waals surface area contributed by atoms with E-state index in [0.717, 1.165) is 59.1 Å². The third kappa shape index (κ3) is 13.0. The van der Waals surface area contributed by atoms with Gasteiger partial charge in [-0.3, -0.25) is 4.55 Å². The highest BCUT2D eigenvalue weighted by atomic mass is 32.2. The van der Waals surface area contributed by atoms with E-state index >= 15 is 0 Å². The number of nitrogens with zero attached hydrogens (tertiary/aromatic N) is 12. The quantitative estimate of drug-likeness (QED) is 0.0355. The van der Waals surface area contributed by atoms with Crippen molar-refractivity contribution in [1.29, 1.82) is 0 Å². The first-order valence-corrected chi connectivity index (χ1v) is 24.7. The van der Waals surface area contributed by atoms with Crippen molar-refractivity contribution in [2.75, 3.05) is 77.8 Å². The molecule has 0 saturated heterocycles. The van der Waals surface area contributed by atoms with Crippen LogP contribution < -0.4 is 25.3 Å². The molecule has 67 heavy (non-hydrogen) atoms. The molecule has 0 atom stereocenters. The summed E-state index contributed by atoms with van der Waals surface area (Å²) < 4.78 is 60.5. The second kappa shape index (κ2) is 23.2. The lowest BCUT2D eigenvalue weighted by Crippen LogP contribution is -2.31. The number of azo groups is 2. The van der Waals surface area contributed by atoms with Gasteiger partial charge in [0.1, 0.15) is 16.3 Å². The first-order chi connectivity index (χ1) is 32.3. The molecule has 3 heterocycles. The van der Waals surface area contributed by atoms with Crippen LogP contribution in [-0.2, 0) is 20.7 Å². The van der Waals surface area contributed by atoms with Gasteiger partial charge in [-0.1, -0.05) is 40.9 Å². The summed E-state index contributed by atoms with van der Waals surface area (Å²) in [6.45, 7) is 11.0. The van der Waals surface area contributed by atoms with Crippen LogP contribution in [0, 0.1) is 0 Å². The van der Waals surface area contributed by atoms with Crippen molar-refractivity contribution in [2.24, 2.45) is 20.5 Å². The van der Waals surface area contributed by atoms with Crippen molar-refractivity contribution in [3.63, 3.8) is 0 Å². The van der Waals surface area contributed by atoms with Crippen molar-refractivity contribution < 1.29 is 35.8 Å². The number of rotatable bonds is 20. The average molecular weight is 991 g/mol. The van der Waals surface area contributed by atoms with Gasteiger partial charge in [-0.2, -0.15) is 23.4 Å². The van der Waals surface area contributed by atoms with Crippen molar-refractivity contribution in [1.82, 2.24) is 24.9 Å². The van der Waals surface area contributed by atoms with Crippen LogP contribution in [0.2, 0.25) is 0 Å². The van der Waals surface area contributed by atoms with Gasteiger partial charge in [0, 0.05) is 50.6 Å². The van der Waals surface area contributed by atoms with E-state index in [2.05, 4.69) is 64.7 Å². The SMILES string of the molecule is CCN(CC)c1ccc(N=Nc2nc3ccccc3s2)c(Nc2nc(Nc3cc(N(CC)CC)ccc3N=Nc3nc4cccc(S(=O)(=O)O)c4s3)nc(N(CCO)CCO)n2)c1.O=S(=O)=O. The summed E-state index contributed by atoms with van der Waals surface area (Å²) in [5.74, 6) is 0.401. The number of nitrogens with one attached hydrogen (secondary N) is 2. The van der Waals surface area contributed by atoms with Crippen molar-refractivity contribution >= 4 is 126 Å². The van der Waals surface area contributed by atoms with E-state index in [1.54, 1.807) is 17.0 Å². The minimum Gasteiger partial charge on any atom is -0.395 e. The Labute approximate surface area is 394 Å². The van der Waals surface area contributed by atoms with E-state index in [9.17, 15) is 23.2 Å². The molecule has 0 aliphatic carbocycles. The third-order valence-electron chi connectivity index (χ3n) is 9.77. The molecule has 0 spiro atoms. The molecule has 0 saturated carbocycles. The standard InChI is InChI=1S/C41H46N14O5S3.O3S/c1-5-53(6-2)26-16-18-28(49-51-40-44-30-12-9-10-14-34(30)61-40)32(24-26)42-37-46-38(48-39(47-37)55(20-22-56)21-23-57)43-33-25-27(54(7-3)8-4)17-19-29(33)50-52-41-45-31-13-11-15-35(36(31)62-41)63(58,59)60;1-4(2)3/h9-19,24-25,56-57H,5-8,20-23H2,1-4H3,(H,58,59,60)(H2,42,43,46,47,48);. The monoisotopic (exact) mass is 990 g/mol. The number of aromatic nitrogens is 5. The summed E-state index contributed by atoms with van der Waals surface area (Å²) in [4.78, 5) is 29.0. The molecular formula is C41H46N14O8S4. The van der Waals surface area contributed by atoms with Crippen molar-refractivity contribution in [3.05, 3.63) is 78.9 Å². The maximum absolute atomic E-state index is 12.1. The average Bonchev–Trinajstić information content (AvgIpc) is 3.92. The molecule has 4 aromatic carbocycles. The molecule has 0 radical (unpaired) electrons. The third-order valence-corrected chi connectivity index (χ3v) is 12.7. The van der Waals surface area contributed by atoms with Gasteiger partial charge in [-0.15, -0.1) is 33.1 Å². The number of anilines is 7. The maximum atomic E-state index is 12.1. The molecule has 7 rings (SSSR count). The summed E-state index contributed by atoms with van der Waals surface area (Å²) in [7, 11) is -7.61. The number of aliphatic hydroxyl groups excluding tert-OH is 2. The Hall–Kier alpha value is -6.68. The second-order valence-corrected chi connectivity index (χ2v) is 17.6. The first kappa shape index (κ1) is 49.7. The fourth-order valence-electron chi connectivity index (χ4n) is 6.66. The molecule has 0 unspecified atom stereocenters. The lowest BCUT2D eigenvalue weighted by atomic mass is 10.2. The van der Waals surface area contributed by atoms with Gasteiger partial charge < -0.3 is 35.5 Å². The molecule has 7 aromatic rings. The largest absolute Gasteiger partial charge is 0.425 e. The van der Waals surface area contributed by atoms with Gasteiger partial charge in [0.15, 0.2) is 0 Å². The number of aliphatic hydroxyl groups is 2. The van der Waals surface area contributed by atoms with Crippen LogP contribution in [0.1, 0.15) is 27.7 Å². The molecular weight excluding hydrogens is 945 g/mol. The van der Waals surface area contributed by atoms with Gasteiger partial charge in [-0.05, 0) is 88.4 Å². The van der Waals surface area contributed by atoms with E-state index < -0.39 is 20.7 Å². The number of fused-ring (bicyclic) bond motifs is 2. The zero-order valence-electron chi connectivity index (χ0n) is 36.5. The molecule has 0 bridgehead atoms. The summed E-state index contributed by atoms with van der Waals surface area (Å²) >= 11 is 2.41. The highest BCUT2D eigenvalue weighted by molar-refractivity contribution is 7.86. The lowest BCUT2D eigenvalue weighted by Gasteiger charge is -2.24. The molecule has 26 heteroatoms. The predicted octanol–water partition coefficient (Wildman–Crippen LogP) is 8.14. The molecule has 0 fully saturated rings. The van der Waals surface area contributed by atoms with Crippen LogP contribution in [0.25, 0.3) is 20.4 Å². The summed E-state index contributed by atoms with van der Waals surface area (Å²) in [5, 5.41) is 45.3. The minimum atomic E-state index is -4.50. The van der Waals surface area contributed by atoms with Crippen LogP contribution in [-0.4, -0.2) is 113 Å². The van der Waals surface area contributed by atoms with Crippen molar-refractivity contribution in [3.8, 4) is 0 Å². The van der Waals surface area contributed by atoms with Gasteiger partial charge in [0.2, 0.25) is 28.1 Å². The smallest absolute Gasteiger partial charge is 0.395 e. The molecule has 352 valence electrons. The Balaban J connectivity index is 0.00000178. The highest BCUT2D eigenvalue weighted by Gasteiger charge is 2.20. The first-order valence-electron chi connectivity index (χ1n) is 20.6. The minimum absolute atomic E-state index is 0.104. The Kier molecular flexibility index (Phi) is 17.2. The number of hydrogen-bond acceptors (Lipinski definition) is 23. The summed E-state index contributed by atoms with van der Waals surface area (Å²) in [5.41, 5.74) is 4.88. The van der Waals surface area contributed by atoms with Crippen LogP contribution in [0.3, 0.4) is 0 Å². The Bertz CT molecular complexity index is 3060. The van der Waals surface area contributed by atoms with E-state index in [1.807, 2.05) is 68.4 Å². The van der Waals surface area contributed by atoms with E-state index in [1.165, 1.54) is 23.5 Å². The van der Waals surface area contributed by atoms with Crippen LogP contribution in [0.4, 0.5) is 62.2 Å². The maximum Gasteiger partial charge on any atom is 0.425 e. The Morgan fingerprint density at radius 1 is 0.612 bits per heavy atom. The lowest BCUT2D eigenvalue weighted by molar-refractivity contribution is 0.280. The van der Waals surface area contributed by atoms with Crippen LogP contribution in [0.15, 0.2) is 104 Å². The topological polar surface area (TPSA) is 294 Å². The fraction of sp³-hybridized carbons (Fsp3) is 0.293. The second-order valence-electron chi connectivity index (χ2n) is 13.9. The van der Waals surface area contributed by atoms with E-state index in [0.29, 0.717) is 33.4 Å². The van der Waals surface area contributed by atoms with Gasteiger partial charge in [-0.25, -0.2) is 9.97 Å². The molecule has 3 aromatic heterocycles. The van der Waals surface area contributed by atoms with Crippen molar-refractivity contribution in [2.45, 2.75) is 32.6 Å². The van der Waals surface area contributed by atoms with Crippen LogP contribution >= 0.6 is 22.7 Å². The van der Waals surface area contributed by atoms with Gasteiger partial charge in [0.05, 0.1) is 45.0 Å². The number of thiazole rings is 2. The highest BCUT2D eigenvalue weighted by Crippen LogP contribution is 2.38. The fourth-order valence-corrected chi connectivity index (χ4v) is 9.27. The Morgan fingerprint density at radius 3 is 1.60 bits per heavy atom. The van der Waals surface area contributed by atoms with Gasteiger partial charge >= 0.3 is 10.6 Å². The van der Waals surface area contributed by atoms with Crippen LogP contribution in [0.5, 0.6) is 0 Å². The molecule has 0 aliphatic heterocycles. The summed E-state index contributed by atoms with van der Waals surface area (Å²) in [6.07, 6.45) is 0.